The standard InChI is InChI=1S/C27H30N6O2/c1-31(15-16-32-13-2-3-14-32)22-10-8-21(9-11-22)28-27-29-26-6-4-5-23(33(26)30-27)20-7-12-24-25(19-20)35-18-17-34-24/h4-12,19H,2-3,13-18H2,1H3,(H,28,30). The van der Waals surface area contributed by atoms with Crippen molar-refractivity contribution in [3.63, 3.8) is 0 Å². The molecule has 6 rings (SSSR count). The third-order valence-electron chi connectivity index (χ3n) is 6.71. The number of likely N-dealkylation sites (tertiary alicyclic amines) is 1. The Labute approximate surface area is 205 Å². The maximum Gasteiger partial charge on any atom is 0.247 e. The third kappa shape index (κ3) is 4.61. The van der Waals surface area contributed by atoms with Gasteiger partial charge in [-0.2, -0.15) is 4.98 Å². The number of hydrogen-bond acceptors (Lipinski definition) is 7. The lowest BCUT2D eigenvalue weighted by Crippen LogP contribution is -2.31. The molecule has 0 atom stereocenters. The van der Waals surface area contributed by atoms with Crippen LogP contribution in [0.1, 0.15) is 12.8 Å². The Morgan fingerprint density at radius 3 is 2.57 bits per heavy atom. The van der Waals surface area contributed by atoms with Gasteiger partial charge in [-0.3, -0.25) is 0 Å². The summed E-state index contributed by atoms with van der Waals surface area (Å²) >= 11 is 0. The van der Waals surface area contributed by atoms with Crippen LogP contribution in [0.3, 0.4) is 0 Å². The third-order valence-corrected chi connectivity index (χ3v) is 6.71. The quantitative estimate of drug-likeness (QED) is 0.428. The number of aromatic nitrogens is 3. The minimum atomic E-state index is 0.560. The molecular formula is C27H30N6O2. The van der Waals surface area contributed by atoms with Crippen molar-refractivity contribution in [3.8, 4) is 22.8 Å². The molecule has 0 unspecified atom stereocenters. The van der Waals surface area contributed by atoms with Crippen LogP contribution in [0.25, 0.3) is 16.9 Å². The summed E-state index contributed by atoms with van der Waals surface area (Å²) < 4.78 is 13.3. The van der Waals surface area contributed by atoms with Crippen LogP contribution in [0.5, 0.6) is 11.5 Å². The summed E-state index contributed by atoms with van der Waals surface area (Å²) in [5.74, 6) is 2.10. The molecule has 0 aliphatic carbocycles. The van der Waals surface area contributed by atoms with Gasteiger partial charge in [0.15, 0.2) is 17.1 Å². The molecule has 2 aromatic carbocycles. The van der Waals surface area contributed by atoms with Crippen molar-refractivity contribution in [2.24, 2.45) is 0 Å². The van der Waals surface area contributed by atoms with E-state index in [9.17, 15) is 0 Å². The van der Waals surface area contributed by atoms with E-state index in [2.05, 4.69) is 51.4 Å². The van der Waals surface area contributed by atoms with Gasteiger partial charge in [-0.25, -0.2) is 4.52 Å². The van der Waals surface area contributed by atoms with Gasteiger partial charge in [0.25, 0.3) is 0 Å². The Bertz CT molecular complexity index is 1310. The number of rotatable bonds is 7. The second-order valence-corrected chi connectivity index (χ2v) is 9.12. The number of nitrogens with one attached hydrogen (secondary N) is 1. The monoisotopic (exact) mass is 470 g/mol. The number of pyridine rings is 1. The molecule has 1 saturated heterocycles. The van der Waals surface area contributed by atoms with Crippen molar-refractivity contribution >= 4 is 23.0 Å². The topological polar surface area (TPSA) is 67.2 Å². The number of likely N-dealkylation sites (N-methyl/N-ethyl adjacent to an activating group) is 1. The van der Waals surface area contributed by atoms with Gasteiger partial charge in [0.1, 0.15) is 13.2 Å². The lowest BCUT2D eigenvalue weighted by Gasteiger charge is -2.23. The average molecular weight is 471 g/mol. The Kier molecular flexibility index (Phi) is 5.88. The van der Waals surface area contributed by atoms with Crippen LogP contribution in [-0.4, -0.2) is 65.9 Å². The number of benzene rings is 2. The van der Waals surface area contributed by atoms with Crippen molar-refractivity contribution in [2.75, 3.05) is 56.7 Å². The van der Waals surface area contributed by atoms with Crippen molar-refractivity contribution in [3.05, 3.63) is 60.7 Å². The SMILES string of the molecule is CN(CCN1CCCC1)c1ccc(Nc2nc3cccc(-c4ccc5c(c4)OCCO5)n3n2)cc1. The van der Waals surface area contributed by atoms with Crippen LogP contribution in [-0.2, 0) is 0 Å². The normalized spacial score (nSPS) is 15.5. The zero-order valence-corrected chi connectivity index (χ0v) is 20.0. The molecule has 2 aliphatic rings. The zero-order chi connectivity index (χ0) is 23.6. The molecule has 2 aromatic heterocycles. The van der Waals surface area contributed by atoms with Gasteiger partial charge >= 0.3 is 0 Å². The van der Waals surface area contributed by atoms with Crippen LogP contribution in [0.2, 0.25) is 0 Å². The highest BCUT2D eigenvalue weighted by Crippen LogP contribution is 2.34. The molecule has 4 aromatic rings. The summed E-state index contributed by atoms with van der Waals surface area (Å²) in [7, 11) is 2.15. The molecule has 0 amide bonds. The number of nitrogens with zero attached hydrogens (tertiary/aromatic N) is 5. The first-order valence-electron chi connectivity index (χ1n) is 12.3. The first-order chi connectivity index (χ1) is 17.2. The molecule has 1 N–H and O–H groups in total. The summed E-state index contributed by atoms with van der Waals surface area (Å²) in [5.41, 5.74) is 4.88. The fourth-order valence-electron chi connectivity index (χ4n) is 4.73. The van der Waals surface area contributed by atoms with Crippen molar-refractivity contribution < 1.29 is 9.47 Å². The Hall–Kier alpha value is -3.78. The minimum absolute atomic E-state index is 0.560. The smallest absolute Gasteiger partial charge is 0.247 e. The average Bonchev–Trinajstić information content (AvgIpc) is 3.57. The highest BCUT2D eigenvalue weighted by molar-refractivity contribution is 5.68. The Morgan fingerprint density at radius 1 is 0.943 bits per heavy atom. The van der Waals surface area contributed by atoms with E-state index in [1.807, 2.05) is 40.9 Å². The maximum absolute atomic E-state index is 5.76. The second kappa shape index (κ2) is 9.46. The minimum Gasteiger partial charge on any atom is -0.486 e. The van der Waals surface area contributed by atoms with Gasteiger partial charge in [-0.05, 0) is 80.5 Å². The van der Waals surface area contributed by atoms with Gasteiger partial charge in [0.2, 0.25) is 5.95 Å². The lowest BCUT2D eigenvalue weighted by molar-refractivity contribution is 0.171. The highest BCUT2D eigenvalue weighted by atomic mass is 16.6. The zero-order valence-electron chi connectivity index (χ0n) is 20.0. The number of fused-ring (bicyclic) bond motifs is 2. The predicted octanol–water partition coefficient (Wildman–Crippen LogP) is 4.44. The summed E-state index contributed by atoms with van der Waals surface area (Å²) in [6, 6.07) is 20.4. The number of anilines is 3. The van der Waals surface area contributed by atoms with Gasteiger partial charge in [-0.1, -0.05) is 6.07 Å². The molecule has 35 heavy (non-hydrogen) atoms. The van der Waals surface area contributed by atoms with Gasteiger partial charge in [-0.15, -0.1) is 5.10 Å². The first kappa shape index (κ1) is 21.7. The van der Waals surface area contributed by atoms with E-state index in [-0.39, 0.29) is 0 Å². The summed E-state index contributed by atoms with van der Waals surface area (Å²) in [5, 5.41) is 8.08. The predicted molar refractivity (Wildman–Crippen MR) is 138 cm³/mol. The van der Waals surface area contributed by atoms with Crippen molar-refractivity contribution in [1.82, 2.24) is 19.5 Å². The molecule has 2 aliphatic heterocycles. The number of hydrogen-bond donors (Lipinski definition) is 1. The molecular weight excluding hydrogens is 440 g/mol. The van der Waals surface area contributed by atoms with Gasteiger partial charge in [0, 0.05) is 37.1 Å². The molecule has 0 bridgehead atoms. The number of ether oxygens (including phenoxy) is 2. The van der Waals surface area contributed by atoms with Crippen molar-refractivity contribution in [1.29, 1.82) is 0 Å². The lowest BCUT2D eigenvalue weighted by atomic mass is 10.1. The summed E-state index contributed by atoms with van der Waals surface area (Å²) in [6.45, 7) is 5.76. The van der Waals surface area contributed by atoms with Crippen LogP contribution in [0, 0.1) is 0 Å². The van der Waals surface area contributed by atoms with E-state index in [0.29, 0.717) is 19.2 Å². The summed E-state index contributed by atoms with van der Waals surface area (Å²) in [6.07, 6.45) is 2.67. The molecule has 0 saturated carbocycles. The van der Waals surface area contributed by atoms with Gasteiger partial charge in [0.05, 0.1) is 5.69 Å². The second-order valence-electron chi connectivity index (χ2n) is 9.12. The highest BCUT2D eigenvalue weighted by Gasteiger charge is 2.15. The van der Waals surface area contributed by atoms with Crippen LogP contribution in [0.15, 0.2) is 60.7 Å². The fourth-order valence-corrected chi connectivity index (χ4v) is 4.73. The van der Waals surface area contributed by atoms with E-state index < -0.39 is 0 Å². The fraction of sp³-hybridized carbons (Fsp3) is 0.333. The summed E-state index contributed by atoms with van der Waals surface area (Å²) in [4.78, 5) is 9.53. The maximum atomic E-state index is 5.76. The van der Waals surface area contributed by atoms with Crippen molar-refractivity contribution in [2.45, 2.75) is 12.8 Å². The molecule has 8 heteroatoms. The van der Waals surface area contributed by atoms with E-state index >= 15 is 0 Å². The first-order valence-corrected chi connectivity index (χ1v) is 12.3. The largest absolute Gasteiger partial charge is 0.486 e. The molecule has 4 heterocycles. The molecule has 1 fully saturated rings. The van der Waals surface area contributed by atoms with Crippen LogP contribution in [0.4, 0.5) is 17.3 Å². The van der Waals surface area contributed by atoms with Crippen LogP contribution < -0.4 is 19.7 Å². The molecule has 8 nitrogen and oxygen atoms in total. The van der Waals surface area contributed by atoms with E-state index in [4.69, 9.17) is 14.6 Å². The molecule has 0 spiro atoms. The Morgan fingerprint density at radius 2 is 1.74 bits per heavy atom. The van der Waals surface area contributed by atoms with Crippen LogP contribution >= 0.6 is 0 Å². The molecule has 0 radical (unpaired) electrons. The van der Waals surface area contributed by atoms with E-state index in [1.165, 1.54) is 31.6 Å². The Balaban J connectivity index is 1.17. The van der Waals surface area contributed by atoms with E-state index in [1.54, 1.807) is 0 Å². The van der Waals surface area contributed by atoms with Gasteiger partial charge < -0.3 is 24.6 Å². The van der Waals surface area contributed by atoms with E-state index in [0.717, 1.165) is 47.2 Å². The molecule has 180 valence electrons.